The van der Waals surface area contributed by atoms with Gasteiger partial charge in [0.05, 0.1) is 6.26 Å². The Morgan fingerprint density at radius 1 is 0.935 bits per heavy atom. The molecular formula is C26H28N2O3. The van der Waals surface area contributed by atoms with Crippen LogP contribution in [0.2, 0.25) is 0 Å². The zero-order valence-corrected chi connectivity index (χ0v) is 17.6. The topological polar surface area (TPSA) is 62.6 Å². The van der Waals surface area contributed by atoms with E-state index in [2.05, 4.69) is 5.32 Å². The lowest BCUT2D eigenvalue weighted by Crippen LogP contribution is -2.46. The van der Waals surface area contributed by atoms with E-state index in [1.54, 1.807) is 17.0 Å². The Morgan fingerprint density at radius 2 is 1.61 bits per heavy atom. The number of furan rings is 1. The van der Waals surface area contributed by atoms with Crippen LogP contribution in [0.5, 0.6) is 0 Å². The zero-order chi connectivity index (χ0) is 21.5. The van der Waals surface area contributed by atoms with Crippen molar-refractivity contribution in [1.29, 1.82) is 0 Å². The van der Waals surface area contributed by atoms with Gasteiger partial charge < -0.3 is 14.6 Å². The minimum atomic E-state index is -0.719. The molecule has 1 atom stereocenters. The first-order valence-electron chi connectivity index (χ1n) is 11.0. The molecule has 2 amide bonds. The Morgan fingerprint density at radius 3 is 2.26 bits per heavy atom. The molecule has 1 heterocycles. The lowest BCUT2D eigenvalue weighted by Gasteiger charge is -2.32. The summed E-state index contributed by atoms with van der Waals surface area (Å²) < 4.78 is 5.40. The molecule has 160 valence electrons. The largest absolute Gasteiger partial charge is 0.459 e. The predicted molar refractivity (Wildman–Crippen MR) is 119 cm³/mol. The third kappa shape index (κ3) is 5.23. The summed E-state index contributed by atoms with van der Waals surface area (Å²) >= 11 is 0. The fourth-order valence-corrected chi connectivity index (χ4v) is 4.24. The molecule has 0 aliphatic heterocycles. The highest BCUT2D eigenvalue weighted by Crippen LogP contribution is 2.26. The molecule has 5 heteroatoms. The first-order valence-corrected chi connectivity index (χ1v) is 11.0. The molecule has 1 aliphatic rings. The van der Waals surface area contributed by atoms with Crippen molar-refractivity contribution in [2.45, 2.75) is 44.2 Å². The molecule has 1 aromatic heterocycles. The Labute approximate surface area is 183 Å². The van der Waals surface area contributed by atoms with Crippen LogP contribution < -0.4 is 5.32 Å². The molecule has 0 spiro atoms. The zero-order valence-electron chi connectivity index (χ0n) is 17.6. The third-order valence-electron chi connectivity index (χ3n) is 5.85. The normalized spacial score (nSPS) is 14.8. The van der Waals surface area contributed by atoms with E-state index in [0.29, 0.717) is 13.0 Å². The summed E-state index contributed by atoms with van der Waals surface area (Å²) in [6.07, 6.45) is 6.37. The van der Waals surface area contributed by atoms with Gasteiger partial charge in [-0.2, -0.15) is 0 Å². The number of hydrogen-bond donors (Lipinski definition) is 1. The second-order valence-electron chi connectivity index (χ2n) is 8.01. The van der Waals surface area contributed by atoms with Crippen LogP contribution >= 0.6 is 0 Å². The standard InChI is InChI=1S/C26H28N2O3/c29-25(27-22-14-7-8-15-22)24(21-12-5-2-6-13-21)28(26(30)23-16-9-19-31-23)18-17-20-10-3-1-4-11-20/h1-6,9-13,16,19,22,24H,7-8,14-15,17-18H2,(H,27,29)/t24-/m1/s1. The Bertz CT molecular complexity index is 964. The second-order valence-corrected chi connectivity index (χ2v) is 8.01. The average molecular weight is 417 g/mol. The number of benzene rings is 2. The van der Waals surface area contributed by atoms with Gasteiger partial charge >= 0.3 is 0 Å². The molecule has 2 aromatic carbocycles. The molecule has 1 fully saturated rings. The third-order valence-corrected chi connectivity index (χ3v) is 5.85. The van der Waals surface area contributed by atoms with E-state index in [9.17, 15) is 9.59 Å². The van der Waals surface area contributed by atoms with Crippen LogP contribution in [0.3, 0.4) is 0 Å². The molecule has 0 unspecified atom stereocenters. The fourth-order valence-electron chi connectivity index (χ4n) is 4.24. The minimum absolute atomic E-state index is 0.133. The molecule has 1 saturated carbocycles. The first-order chi connectivity index (χ1) is 15.2. The van der Waals surface area contributed by atoms with E-state index < -0.39 is 6.04 Å². The number of nitrogens with zero attached hydrogens (tertiary/aromatic N) is 1. The van der Waals surface area contributed by atoms with E-state index in [1.807, 2.05) is 60.7 Å². The molecule has 0 bridgehead atoms. The van der Waals surface area contributed by atoms with E-state index in [1.165, 1.54) is 6.26 Å². The molecule has 1 aliphatic carbocycles. The molecule has 1 N–H and O–H groups in total. The van der Waals surface area contributed by atoms with Crippen LogP contribution in [0.25, 0.3) is 0 Å². The summed E-state index contributed by atoms with van der Waals surface area (Å²) in [5.74, 6) is -0.176. The van der Waals surface area contributed by atoms with Crippen molar-refractivity contribution >= 4 is 11.8 Å². The van der Waals surface area contributed by atoms with Gasteiger partial charge in [0.25, 0.3) is 5.91 Å². The summed E-state index contributed by atoms with van der Waals surface area (Å²) in [6.45, 7) is 0.404. The van der Waals surface area contributed by atoms with E-state index in [4.69, 9.17) is 4.42 Å². The number of hydrogen-bond acceptors (Lipinski definition) is 3. The molecule has 4 rings (SSSR count). The highest BCUT2D eigenvalue weighted by molar-refractivity contribution is 5.96. The summed E-state index contributed by atoms with van der Waals surface area (Å²) in [4.78, 5) is 28.6. The minimum Gasteiger partial charge on any atom is -0.459 e. The summed E-state index contributed by atoms with van der Waals surface area (Å²) in [6, 6.07) is 22.3. The predicted octanol–water partition coefficient (Wildman–Crippen LogP) is 4.76. The van der Waals surface area contributed by atoms with Gasteiger partial charge in [-0.3, -0.25) is 9.59 Å². The van der Waals surface area contributed by atoms with Crippen molar-refractivity contribution in [3.8, 4) is 0 Å². The number of rotatable bonds is 8. The Hall–Kier alpha value is -3.34. The first kappa shape index (κ1) is 20.9. The van der Waals surface area contributed by atoms with Crippen molar-refractivity contribution in [2.75, 3.05) is 6.54 Å². The van der Waals surface area contributed by atoms with Crippen molar-refractivity contribution in [1.82, 2.24) is 10.2 Å². The van der Waals surface area contributed by atoms with Crippen molar-refractivity contribution < 1.29 is 14.0 Å². The molecule has 31 heavy (non-hydrogen) atoms. The van der Waals surface area contributed by atoms with Gasteiger partial charge in [-0.25, -0.2) is 0 Å². The van der Waals surface area contributed by atoms with Crippen molar-refractivity contribution in [3.05, 3.63) is 95.9 Å². The van der Waals surface area contributed by atoms with Crippen LogP contribution in [-0.4, -0.2) is 29.3 Å². The lowest BCUT2D eigenvalue weighted by molar-refractivity contribution is -0.126. The van der Waals surface area contributed by atoms with Crippen LogP contribution in [0.15, 0.2) is 83.5 Å². The monoisotopic (exact) mass is 416 g/mol. The average Bonchev–Trinajstić information content (AvgIpc) is 3.52. The second kappa shape index (κ2) is 10.1. The highest BCUT2D eigenvalue weighted by atomic mass is 16.3. The Kier molecular flexibility index (Phi) is 6.82. The maximum Gasteiger partial charge on any atom is 0.290 e. The van der Waals surface area contributed by atoms with Crippen molar-refractivity contribution in [3.63, 3.8) is 0 Å². The maximum atomic E-state index is 13.5. The smallest absolute Gasteiger partial charge is 0.290 e. The maximum absolute atomic E-state index is 13.5. The summed E-state index contributed by atoms with van der Waals surface area (Å²) in [5.41, 5.74) is 1.91. The van der Waals surface area contributed by atoms with Crippen LogP contribution in [0.4, 0.5) is 0 Å². The van der Waals surface area contributed by atoms with Gasteiger partial charge in [-0.05, 0) is 42.5 Å². The highest BCUT2D eigenvalue weighted by Gasteiger charge is 2.34. The van der Waals surface area contributed by atoms with Gasteiger partial charge in [0.1, 0.15) is 6.04 Å². The quantitative estimate of drug-likeness (QED) is 0.576. The van der Waals surface area contributed by atoms with Crippen molar-refractivity contribution in [2.24, 2.45) is 0 Å². The van der Waals surface area contributed by atoms with Gasteiger partial charge in [0, 0.05) is 12.6 Å². The fraction of sp³-hybridized carbons (Fsp3) is 0.308. The summed E-state index contributed by atoms with van der Waals surface area (Å²) in [5, 5.41) is 3.19. The lowest BCUT2D eigenvalue weighted by atomic mass is 10.0. The number of amides is 2. The molecular weight excluding hydrogens is 388 g/mol. The van der Waals surface area contributed by atoms with Crippen LogP contribution in [-0.2, 0) is 11.2 Å². The van der Waals surface area contributed by atoms with Gasteiger partial charge in [-0.15, -0.1) is 0 Å². The molecule has 5 nitrogen and oxygen atoms in total. The summed E-state index contributed by atoms with van der Waals surface area (Å²) in [7, 11) is 0. The van der Waals surface area contributed by atoms with Gasteiger partial charge in [0.15, 0.2) is 5.76 Å². The SMILES string of the molecule is O=C(NC1CCCC1)[C@@H](c1ccccc1)N(CCc1ccccc1)C(=O)c1ccco1. The Balaban J connectivity index is 1.65. The van der Waals surface area contributed by atoms with E-state index in [0.717, 1.165) is 36.8 Å². The van der Waals surface area contributed by atoms with Crippen LogP contribution in [0, 0.1) is 0 Å². The van der Waals surface area contributed by atoms with Gasteiger partial charge in [0.2, 0.25) is 5.91 Å². The number of carbonyl (C=O) groups excluding carboxylic acids is 2. The van der Waals surface area contributed by atoms with E-state index >= 15 is 0 Å². The number of carbonyl (C=O) groups is 2. The number of nitrogens with one attached hydrogen (secondary N) is 1. The van der Waals surface area contributed by atoms with E-state index in [-0.39, 0.29) is 23.6 Å². The van der Waals surface area contributed by atoms with Gasteiger partial charge in [-0.1, -0.05) is 73.5 Å². The molecule has 3 aromatic rings. The molecule has 0 radical (unpaired) electrons. The van der Waals surface area contributed by atoms with Crippen LogP contribution in [0.1, 0.15) is 53.4 Å². The molecule has 0 saturated heterocycles.